The number of carbonyl (C=O) groups is 2. The Bertz CT molecular complexity index is 1030. The molecule has 2 amide bonds. The van der Waals surface area contributed by atoms with Crippen LogP contribution in [0.25, 0.3) is 0 Å². The Morgan fingerprint density at radius 3 is 2.30 bits per heavy atom. The summed E-state index contributed by atoms with van der Waals surface area (Å²) in [6.07, 6.45) is 4.05. The van der Waals surface area contributed by atoms with Crippen molar-refractivity contribution < 1.29 is 14.3 Å². The summed E-state index contributed by atoms with van der Waals surface area (Å²) in [5.74, 6) is -0.143. The van der Waals surface area contributed by atoms with Gasteiger partial charge in [-0.1, -0.05) is 35.3 Å². The number of halogens is 2. The third-order valence-corrected chi connectivity index (χ3v) is 7.16. The van der Waals surface area contributed by atoms with E-state index in [0.29, 0.717) is 33.4 Å². The molecular weight excluding hydrogens is 461 g/mol. The van der Waals surface area contributed by atoms with Crippen molar-refractivity contribution in [3.63, 3.8) is 0 Å². The lowest BCUT2D eigenvalue weighted by Gasteiger charge is -2.40. The number of fused-ring (bicyclic) bond motifs is 2. The highest BCUT2D eigenvalue weighted by molar-refractivity contribution is 6.35. The van der Waals surface area contributed by atoms with E-state index in [9.17, 15) is 9.59 Å². The monoisotopic (exact) mass is 489 g/mol. The standard InChI is InChI=1S/C25H29Cl2N3O3/c1-25(2,33-22-10-7-17(26)11-21(22)27)24(32)29-18-12-19-8-9-20(13-18)30(19)14-15-3-5-16(6-4-15)23(28)31/h3-7,10-11,18-20H,8-9,12-14H2,1-2H3,(H2,28,31)(H,29,32)/t18?,19-,20+. The van der Waals surface area contributed by atoms with E-state index in [1.54, 1.807) is 44.2 Å². The molecule has 2 aromatic rings. The molecule has 8 heteroatoms. The lowest BCUT2D eigenvalue weighted by Crippen LogP contribution is -2.55. The highest BCUT2D eigenvalue weighted by Gasteiger charge is 2.42. The fraction of sp³-hybridized carbons (Fsp3) is 0.440. The number of ether oxygens (including phenoxy) is 1. The van der Waals surface area contributed by atoms with Gasteiger partial charge in [-0.25, -0.2) is 0 Å². The van der Waals surface area contributed by atoms with Crippen LogP contribution in [0.5, 0.6) is 5.75 Å². The van der Waals surface area contributed by atoms with Crippen LogP contribution in [0.1, 0.15) is 55.5 Å². The number of nitrogens with one attached hydrogen (secondary N) is 1. The van der Waals surface area contributed by atoms with Crippen LogP contribution in [0.3, 0.4) is 0 Å². The molecule has 6 nitrogen and oxygen atoms in total. The average molecular weight is 490 g/mol. The zero-order valence-electron chi connectivity index (χ0n) is 18.8. The molecule has 2 fully saturated rings. The van der Waals surface area contributed by atoms with Crippen molar-refractivity contribution >= 4 is 35.0 Å². The summed E-state index contributed by atoms with van der Waals surface area (Å²) in [5.41, 5.74) is 5.95. The maximum Gasteiger partial charge on any atom is 0.263 e. The van der Waals surface area contributed by atoms with Crippen molar-refractivity contribution in [1.29, 1.82) is 0 Å². The summed E-state index contributed by atoms with van der Waals surface area (Å²) in [6.45, 7) is 4.32. The normalized spacial score (nSPS) is 22.7. The first-order valence-corrected chi connectivity index (χ1v) is 12.0. The van der Waals surface area contributed by atoms with Crippen molar-refractivity contribution in [2.75, 3.05) is 0 Å². The maximum atomic E-state index is 13.1. The van der Waals surface area contributed by atoms with Crippen LogP contribution in [0.4, 0.5) is 0 Å². The number of benzene rings is 2. The molecule has 2 saturated heterocycles. The second-order valence-electron chi connectivity index (χ2n) is 9.45. The smallest absolute Gasteiger partial charge is 0.263 e. The number of nitrogens with zero attached hydrogens (tertiary/aromatic N) is 1. The Morgan fingerprint density at radius 2 is 1.73 bits per heavy atom. The fourth-order valence-corrected chi connectivity index (χ4v) is 5.32. The van der Waals surface area contributed by atoms with Gasteiger partial charge in [-0.15, -0.1) is 0 Å². The molecule has 2 aliphatic heterocycles. The molecule has 0 aliphatic carbocycles. The summed E-state index contributed by atoms with van der Waals surface area (Å²) in [6, 6.07) is 13.4. The second-order valence-corrected chi connectivity index (χ2v) is 10.3. The Kier molecular flexibility index (Phi) is 6.89. The lowest BCUT2D eigenvalue weighted by molar-refractivity contribution is -0.135. The summed E-state index contributed by atoms with van der Waals surface area (Å²) in [5, 5.41) is 4.09. The Morgan fingerprint density at radius 1 is 1.09 bits per heavy atom. The minimum Gasteiger partial charge on any atom is -0.476 e. The largest absolute Gasteiger partial charge is 0.476 e. The van der Waals surface area contributed by atoms with Gasteiger partial charge in [0, 0.05) is 35.3 Å². The molecule has 1 unspecified atom stereocenters. The van der Waals surface area contributed by atoms with E-state index in [1.807, 2.05) is 12.1 Å². The topological polar surface area (TPSA) is 84.7 Å². The van der Waals surface area contributed by atoms with Crippen molar-refractivity contribution in [1.82, 2.24) is 10.2 Å². The number of hydrogen-bond donors (Lipinski definition) is 2. The molecule has 2 aliphatic rings. The number of nitrogens with two attached hydrogens (primary N) is 1. The zero-order valence-corrected chi connectivity index (χ0v) is 20.3. The molecule has 0 saturated carbocycles. The first-order chi connectivity index (χ1) is 15.6. The average Bonchev–Trinajstić information content (AvgIpc) is 2.98. The van der Waals surface area contributed by atoms with E-state index in [0.717, 1.165) is 37.8 Å². The van der Waals surface area contributed by atoms with Gasteiger partial charge >= 0.3 is 0 Å². The summed E-state index contributed by atoms with van der Waals surface area (Å²) in [4.78, 5) is 26.9. The van der Waals surface area contributed by atoms with Crippen molar-refractivity contribution in [2.24, 2.45) is 5.73 Å². The zero-order chi connectivity index (χ0) is 23.8. The quantitative estimate of drug-likeness (QED) is 0.596. The van der Waals surface area contributed by atoms with E-state index < -0.39 is 11.5 Å². The van der Waals surface area contributed by atoms with Crippen LogP contribution in [-0.4, -0.2) is 40.4 Å². The van der Waals surface area contributed by atoms with Gasteiger partial charge in [0.05, 0.1) is 5.02 Å². The van der Waals surface area contributed by atoms with E-state index in [-0.39, 0.29) is 11.9 Å². The van der Waals surface area contributed by atoms with Crippen molar-refractivity contribution in [3.05, 3.63) is 63.6 Å². The van der Waals surface area contributed by atoms with Gasteiger partial charge in [-0.05, 0) is 75.4 Å². The molecule has 176 valence electrons. The molecule has 2 aromatic carbocycles. The van der Waals surface area contributed by atoms with Gasteiger partial charge in [0.1, 0.15) is 5.75 Å². The molecule has 0 radical (unpaired) electrons. The Balaban J connectivity index is 1.35. The van der Waals surface area contributed by atoms with E-state index in [4.69, 9.17) is 33.7 Å². The lowest BCUT2D eigenvalue weighted by atomic mass is 9.95. The van der Waals surface area contributed by atoms with Crippen LogP contribution in [0.15, 0.2) is 42.5 Å². The molecule has 0 aromatic heterocycles. The van der Waals surface area contributed by atoms with Crippen LogP contribution in [0.2, 0.25) is 10.0 Å². The third kappa shape index (κ3) is 5.45. The SMILES string of the molecule is CC(C)(Oc1ccc(Cl)cc1Cl)C(=O)NC1C[C@H]2CC[C@@H](C1)N2Cc1ccc(C(N)=O)cc1. The third-order valence-electron chi connectivity index (χ3n) is 6.63. The van der Waals surface area contributed by atoms with Crippen molar-refractivity contribution in [2.45, 2.75) is 69.8 Å². The summed E-state index contributed by atoms with van der Waals surface area (Å²) < 4.78 is 5.94. The van der Waals surface area contributed by atoms with Gasteiger partial charge in [0.2, 0.25) is 5.91 Å². The number of piperidine rings is 1. The molecule has 4 rings (SSSR count). The molecule has 2 bridgehead atoms. The van der Waals surface area contributed by atoms with Gasteiger partial charge < -0.3 is 15.8 Å². The van der Waals surface area contributed by atoms with Gasteiger partial charge in [0.15, 0.2) is 5.60 Å². The predicted molar refractivity (Wildman–Crippen MR) is 130 cm³/mol. The Labute approximate surface area is 204 Å². The van der Waals surface area contributed by atoms with Crippen LogP contribution in [0, 0.1) is 0 Å². The number of rotatable bonds is 7. The highest BCUT2D eigenvalue weighted by Crippen LogP contribution is 2.37. The molecule has 3 atom stereocenters. The maximum absolute atomic E-state index is 13.1. The molecule has 0 spiro atoms. The first kappa shape index (κ1) is 23.9. The van der Waals surface area contributed by atoms with Gasteiger partial charge in [-0.2, -0.15) is 0 Å². The summed E-state index contributed by atoms with van der Waals surface area (Å²) >= 11 is 12.2. The predicted octanol–water partition coefficient (Wildman–Crippen LogP) is 4.56. The van der Waals surface area contributed by atoms with Crippen molar-refractivity contribution in [3.8, 4) is 5.75 Å². The first-order valence-electron chi connectivity index (χ1n) is 11.2. The van der Waals surface area contributed by atoms with Crippen LogP contribution >= 0.6 is 23.2 Å². The fourth-order valence-electron chi connectivity index (χ4n) is 4.87. The number of primary amides is 1. The van der Waals surface area contributed by atoms with Crippen LogP contribution in [-0.2, 0) is 11.3 Å². The van der Waals surface area contributed by atoms with Gasteiger partial charge in [0.25, 0.3) is 5.91 Å². The molecule has 33 heavy (non-hydrogen) atoms. The molecule has 3 N–H and O–H groups in total. The minimum absolute atomic E-state index is 0.104. The Hall–Kier alpha value is -2.28. The van der Waals surface area contributed by atoms with E-state index >= 15 is 0 Å². The molecular formula is C25H29Cl2N3O3. The number of amides is 2. The van der Waals surface area contributed by atoms with Gasteiger partial charge in [-0.3, -0.25) is 14.5 Å². The number of carbonyl (C=O) groups excluding carboxylic acids is 2. The number of hydrogen-bond acceptors (Lipinski definition) is 4. The summed E-state index contributed by atoms with van der Waals surface area (Å²) in [7, 11) is 0. The molecule has 2 heterocycles. The van der Waals surface area contributed by atoms with Crippen LogP contribution < -0.4 is 15.8 Å². The highest BCUT2D eigenvalue weighted by atomic mass is 35.5. The van der Waals surface area contributed by atoms with E-state index in [2.05, 4.69) is 10.2 Å². The van der Waals surface area contributed by atoms with E-state index in [1.165, 1.54) is 0 Å². The minimum atomic E-state index is -1.07. The second kappa shape index (κ2) is 9.53.